The lowest BCUT2D eigenvalue weighted by Crippen LogP contribution is -2.66. The fraction of sp³-hybridized carbons (Fsp3) is 0.348. The Balaban J connectivity index is 0.000000112. The van der Waals surface area contributed by atoms with E-state index in [0.29, 0.717) is 106 Å². The number of phenols is 1. The predicted octanol–water partition coefficient (Wildman–Crippen LogP) is 15.2. The van der Waals surface area contributed by atoms with Gasteiger partial charge in [0.1, 0.15) is 88.4 Å². The standard InChI is InChI=1S/C21H26FN3O5.C19H18N2O3.C16H18FN3O3.C14H10ClNO2.C12H12N2O3.C7H8O3S/c1-20(2,3)30-19(26)23-8-14(7-22)9-28-15-4-5-16-17(6-15)29-18(24-16)25-10-21(11-25)12-27-13-21;1-2-4-14(5-3-1)9-23-15-6-7-16-17(8-15)24-18(20-16)21-10-19(11-21)12-22-13-19;17-4-11(5-18)6-22-12-1-2-13-14(3-12)23-15(19-13)20-7-16(8-20)9-21-10-16;15-14-16-12-7-6-11(8-13(12)18-14)17-9-10-4-2-1-3-5-10;15-8-1-2-9-10(3-8)17-11(13-9)14-4-12(5-14)6-16-7-12;1-6-2-4-7(5-3-6)11(8,9)10/h4-7H,8-13H2,1-3H3,(H,23,26);1-8H,9-13H2;1-4H,5-10,18H2;1-8H,9H2;1-3,15H,4-7H2;2-5H,1H3,(H,8,9,10)/b14-7+;;11-4+;;;. The van der Waals surface area contributed by atoms with Crippen molar-refractivity contribution in [2.75, 3.05) is 151 Å². The van der Waals surface area contributed by atoms with Crippen molar-refractivity contribution in [2.45, 2.75) is 51.4 Å². The highest BCUT2D eigenvalue weighted by Crippen LogP contribution is 2.45. The monoisotopic (exact) mass is 1720 g/mol. The summed E-state index contributed by atoms with van der Waals surface area (Å²) >= 11 is 5.69. The molecule has 8 aromatic carbocycles. The third-order valence-corrected chi connectivity index (χ3v) is 22.4. The second-order valence-electron chi connectivity index (χ2n) is 33.0. The Hall–Kier alpha value is -12.1. The number of nitrogens with zero attached hydrogens (tertiary/aromatic N) is 9. The molecule has 0 radical (unpaired) electrons. The molecular weight excluding hydrogens is 1630 g/mol. The van der Waals surface area contributed by atoms with Crippen molar-refractivity contribution in [1.29, 1.82) is 0 Å². The summed E-state index contributed by atoms with van der Waals surface area (Å²) in [5.41, 5.74) is 17.1. The molecule has 8 aliphatic heterocycles. The van der Waals surface area contributed by atoms with Gasteiger partial charge in [-0.25, -0.2) is 13.6 Å². The van der Waals surface area contributed by atoms with E-state index in [1.807, 2.05) is 91.9 Å². The van der Waals surface area contributed by atoms with Gasteiger partial charge in [-0.3, -0.25) is 4.55 Å². The molecule has 0 atom stereocenters. The Kier molecular flexibility index (Phi) is 24.8. The van der Waals surface area contributed by atoms with Gasteiger partial charge in [-0.05, 0) is 123 Å². The van der Waals surface area contributed by atoms with E-state index in [1.165, 1.54) is 12.1 Å². The molecule has 8 saturated heterocycles. The number of nitrogens with two attached hydrogens (primary N) is 1. The summed E-state index contributed by atoms with van der Waals surface area (Å²) in [6.07, 6.45) is 0.292. The minimum atomic E-state index is -4.02. The fourth-order valence-electron chi connectivity index (χ4n) is 14.5. The van der Waals surface area contributed by atoms with Gasteiger partial charge in [0.15, 0.2) is 27.9 Å². The minimum Gasteiger partial charge on any atom is -0.508 e. The molecule has 0 aliphatic carbocycles. The van der Waals surface area contributed by atoms with E-state index in [4.69, 9.17) is 86.6 Å². The number of rotatable bonds is 20. The molecule has 0 unspecified atom stereocenters. The molecule has 5 N–H and O–H groups in total. The van der Waals surface area contributed by atoms with Gasteiger partial charge in [0.05, 0.1) is 92.1 Å². The molecular formula is C89H92ClF2N11O19S. The van der Waals surface area contributed by atoms with Crippen LogP contribution in [0.2, 0.25) is 5.35 Å². The highest BCUT2D eigenvalue weighted by Gasteiger charge is 2.53. The molecule has 8 fully saturated rings. The van der Waals surface area contributed by atoms with E-state index in [9.17, 15) is 27.1 Å². The van der Waals surface area contributed by atoms with Crippen molar-refractivity contribution in [3.8, 4) is 28.7 Å². The quantitative estimate of drug-likeness (QED) is 0.0515. The number of hydrogen-bond acceptors (Lipinski definition) is 28. The molecule has 4 spiro atoms. The number of aromatic hydroxyl groups is 1. The van der Waals surface area contributed by atoms with Crippen molar-refractivity contribution < 1.29 is 96.4 Å². The van der Waals surface area contributed by atoms with Crippen molar-refractivity contribution in [3.05, 3.63) is 222 Å². The summed E-state index contributed by atoms with van der Waals surface area (Å²) in [7, 11) is -4.02. The SMILES string of the molecule is CC(C)(C)OC(=O)NC/C(=C\F)COc1ccc2nc(N3CC4(COC4)C3)oc2c1.Cc1ccc(S(=O)(=O)O)cc1.Clc1nc2ccc(OCc3ccccc3)cc2o1.NC/C(=C\F)COc1ccc2nc(N3CC4(COC4)C3)oc2c1.Oc1ccc2nc(N3CC4(COC4)C3)oc2c1.c1ccc(COc2ccc3nc(N4CC5(COC5)C4)oc3c2)cc1. The molecule has 123 heavy (non-hydrogen) atoms. The van der Waals surface area contributed by atoms with Crippen LogP contribution < -0.4 is 49.6 Å². The van der Waals surface area contributed by atoms with Crippen LogP contribution in [0, 0.1) is 28.6 Å². The van der Waals surface area contributed by atoms with E-state index in [-0.39, 0.29) is 53.3 Å². The number of carbonyl (C=O) groups excluding carboxylic acids is 1. The van der Waals surface area contributed by atoms with Gasteiger partial charge in [-0.15, -0.1) is 0 Å². The van der Waals surface area contributed by atoms with Crippen LogP contribution in [-0.4, -0.2) is 186 Å². The number of nitrogens with one attached hydrogen (secondary N) is 1. The molecule has 0 bridgehead atoms. The molecule has 0 saturated carbocycles. The van der Waals surface area contributed by atoms with Gasteiger partial charge in [0, 0.05) is 107 Å². The van der Waals surface area contributed by atoms with Gasteiger partial charge in [0.25, 0.3) is 39.5 Å². The number of ether oxygens (including phenoxy) is 9. The Labute approximate surface area is 710 Å². The first-order valence-electron chi connectivity index (χ1n) is 39.9. The van der Waals surface area contributed by atoms with E-state index in [1.54, 1.807) is 87.5 Å². The Morgan fingerprint density at radius 2 is 0.829 bits per heavy atom. The number of amides is 1. The zero-order valence-corrected chi connectivity index (χ0v) is 69.5. The normalized spacial score (nSPS) is 17.3. The highest BCUT2D eigenvalue weighted by molar-refractivity contribution is 7.85. The minimum absolute atomic E-state index is 0.0134. The smallest absolute Gasteiger partial charge is 0.407 e. The number of fused-ring (bicyclic) bond motifs is 5. The lowest BCUT2D eigenvalue weighted by Gasteiger charge is -2.54. The lowest BCUT2D eigenvalue weighted by atomic mass is 9.78. The van der Waals surface area contributed by atoms with Crippen molar-refractivity contribution in [1.82, 2.24) is 30.2 Å². The van der Waals surface area contributed by atoms with Gasteiger partial charge >= 0.3 is 6.09 Å². The number of aromatic nitrogens is 5. The molecule has 13 aromatic rings. The number of phenolic OH excluding ortho intramolecular Hbond substituents is 1. The number of oxazole rings is 5. The molecule has 644 valence electrons. The molecule has 13 heterocycles. The number of carbonyl (C=O) groups is 1. The van der Waals surface area contributed by atoms with Gasteiger partial charge in [0.2, 0.25) is 0 Å². The van der Waals surface area contributed by atoms with Crippen LogP contribution >= 0.6 is 11.6 Å². The summed E-state index contributed by atoms with van der Waals surface area (Å²) in [5, 5.41) is 12.0. The molecule has 8 aliphatic rings. The molecule has 1 amide bonds. The number of aryl methyl sites for hydroxylation is 1. The van der Waals surface area contributed by atoms with E-state index in [0.717, 1.165) is 167 Å². The first kappa shape index (κ1) is 84.5. The maximum atomic E-state index is 13.2. The summed E-state index contributed by atoms with van der Waals surface area (Å²) in [5.74, 6) is 2.85. The summed E-state index contributed by atoms with van der Waals surface area (Å²) in [6.45, 7) is 22.5. The van der Waals surface area contributed by atoms with Crippen LogP contribution in [0.1, 0.15) is 37.5 Å². The Morgan fingerprint density at radius 1 is 0.488 bits per heavy atom. The summed E-state index contributed by atoms with van der Waals surface area (Å²) in [6, 6.07) is 55.6. The Bertz CT molecular complexity index is 6020. The van der Waals surface area contributed by atoms with Crippen LogP contribution in [0.4, 0.5) is 37.6 Å². The number of alkyl carbamates (subject to hydrolysis) is 1. The van der Waals surface area contributed by atoms with Gasteiger partial charge in [-0.2, -0.15) is 33.3 Å². The zero-order chi connectivity index (χ0) is 85.5. The van der Waals surface area contributed by atoms with Crippen LogP contribution in [0.3, 0.4) is 0 Å². The van der Waals surface area contributed by atoms with Crippen LogP contribution in [-0.2, 0) is 47.0 Å². The van der Waals surface area contributed by atoms with Crippen molar-refractivity contribution in [3.63, 3.8) is 0 Å². The Morgan fingerprint density at radius 3 is 1.17 bits per heavy atom. The van der Waals surface area contributed by atoms with Gasteiger partial charge < -0.3 is 100 Å². The fourth-order valence-corrected chi connectivity index (χ4v) is 15.2. The molecule has 34 heteroatoms. The van der Waals surface area contributed by atoms with E-state index >= 15 is 0 Å². The zero-order valence-electron chi connectivity index (χ0n) is 67.9. The number of anilines is 4. The molecule has 21 rings (SSSR count). The molecule has 30 nitrogen and oxygen atoms in total. The average Bonchev–Trinajstić information content (AvgIpc) is 1.74. The highest BCUT2D eigenvalue weighted by atomic mass is 35.5. The predicted molar refractivity (Wildman–Crippen MR) is 454 cm³/mol. The topological polar surface area (TPSA) is 356 Å². The van der Waals surface area contributed by atoms with Crippen LogP contribution in [0.5, 0.6) is 28.7 Å². The van der Waals surface area contributed by atoms with Crippen molar-refractivity contribution >= 4 is 107 Å². The van der Waals surface area contributed by atoms with E-state index in [2.05, 4.69) is 62.0 Å². The maximum Gasteiger partial charge on any atom is 0.407 e. The second kappa shape index (κ2) is 36.2. The largest absolute Gasteiger partial charge is 0.508 e. The second-order valence-corrected chi connectivity index (χ2v) is 34.8. The summed E-state index contributed by atoms with van der Waals surface area (Å²) < 4.78 is 133. The third-order valence-electron chi connectivity index (χ3n) is 21.4. The van der Waals surface area contributed by atoms with Crippen LogP contribution in [0.25, 0.3) is 55.5 Å². The number of halogens is 3. The first-order valence-corrected chi connectivity index (χ1v) is 41.7. The van der Waals surface area contributed by atoms with Crippen molar-refractivity contribution in [2.24, 2.45) is 27.4 Å². The average molecular weight is 1730 g/mol. The number of benzene rings is 8. The number of hydrogen-bond donors (Lipinski definition) is 4. The van der Waals surface area contributed by atoms with E-state index < -0.39 is 21.8 Å². The summed E-state index contributed by atoms with van der Waals surface area (Å²) in [4.78, 5) is 42.1. The van der Waals surface area contributed by atoms with Gasteiger partial charge in [-0.1, -0.05) is 78.4 Å². The van der Waals surface area contributed by atoms with Crippen LogP contribution in [0.15, 0.2) is 227 Å². The first-order chi connectivity index (χ1) is 59.3. The third kappa shape index (κ3) is 20.7. The maximum absolute atomic E-state index is 13.2. The molecule has 5 aromatic heterocycles. The lowest BCUT2D eigenvalue weighted by molar-refractivity contribution is -0.128.